The first-order valence-electron chi connectivity index (χ1n) is 13.5. The molecular formula is C30H33BrFN3O6S. The molecule has 0 unspecified atom stereocenters. The summed E-state index contributed by atoms with van der Waals surface area (Å²) in [6, 6.07) is 15.4. The van der Waals surface area contributed by atoms with Crippen LogP contribution in [-0.4, -0.2) is 57.5 Å². The van der Waals surface area contributed by atoms with Crippen molar-refractivity contribution in [3.8, 4) is 11.5 Å². The maximum atomic E-state index is 14.0. The summed E-state index contributed by atoms with van der Waals surface area (Å²) < 4.78 is 54.7. The number of rotatable bonds is 11. The Morgan fingerprint density at radius 3 is 2.24 bits per heavy atom. The molecule has 1 N–H and O–H groups in total. The van der Waals surface area contributed by atoms with E-state index in [2.05, 4.69) is 21.2 Å². The van der Waals surface area contributed by atoms with E-state index < -0.39 is 34.3 Å². The molecule has 0 radical (unpaired) electrons. The standard InChI is InChI=1S/C30H33BrFN3O6S/c1-20(2)17-33-30(37)21(3)34(18-22-4-6-23(31)7-5-22)29(36)19-35(25-10-8-24(32)9-11-25)42(38,39)26-12-13-27-28(16-26)41-15-14-40-27/h4-13,16,20-21H,14-15,17-19H2,1-3H3,(H,33,37)/t21-/m0/s1. The van der Waals surface area contributed by atoms with Gasteiger partial charge in [0.1, 0.15) is 31.6 Å². The van der Waals surface area contributed by atoms with Crippen LogP contribution in [0.3, 0.4) is 0 Å². The predicted octanol–water partition coefficient (Wildman–Crippen LogP) is 4.74. The Balaban J connectivity index is 1.70. The highest BCUT2D eigenvalue weighted by Crippen LogP contribution is 2.34. The third kappa shape index (κ3) is 7.60. The molecule has 0 saturated heterocycles. The zero-order valence-corrected chi connectivity index (χ0v) is 26.0. The lowest BCUT2D eigenvalue weighted by atomic mass is 10.1. The Hall–Kier alpha value is -3.64. The molecular weight excluding hydrogens is 629 g/mol. The Morgan fingerprint density at radius 2 is 1.60 bits per heavy atom. The number of fused-ring (bicyclic) bond motifs is 1. The molecule has 2 amide bonds. The van der Waals surface area contributed by atoms with E-state index in [-0.39, 0.29) is 41.3 Å². The number of nitrogens with one attached hydrogen (secondary N) is 1. The Morgan fingerprint density at radius 1 is 0.952 bits per heavy atom. The molecule has 0 spiro atoms. The van der Waals surface area contributed by atoms with E-state index in [1.165, 1.54) is 35.2 Å². The van der Waals surface area contributed by atoms with E-state index in [1.54, 1.807) is 6.92 Å². The monoisotopic (exact) mass is 661 g/mol. The van der Waals surface area contributed by atoms with Crippen LogP contribution < -0.4 is 19.1 Å². The Labute approximate surface area is 253 Å². The lowest BCUT2D eigenvalue weighted by Gasteiger charge is -2.32. The van der Waals surface area contributed by atoms with E-state index in [9.17, 15) is 22.4 Å². The Bertz CT molecular complexity index is 1520. The lowest BCUT2D eigenvalue weighted by molar-refractivity contribution is -0.139. The van der Waals surface area contributed by atoms with E-state index in [1.807, 2.05) is 38.1 Å². The molecule has 0 aromatic heterocycles. The highest BCUT2D eigenvalue weighted by molar-refractivity contribution is 9.10. The van der Waals surface area contributed by atoms with Crippen molar-refractivity contribution in [3.63, 3.8) is 0 Å². The van der Waals surface area contributed by atoms with Crippen LogP contribution in [0.25, 0.3) is 0 Å². The van der Waals surface area contributed by atoms with Crippen molar-refractivity contribution in [1.82, 2.24) is 10.2 Å². The summed E-state index contributed by atoms with van der Waals surface area (Å²) in [7, 11) is -4.35. The molecule has 224 valence electrons. The first kappa shape index (κ1) is 31.3. The molecule has 12 heteroatoms. The van der Waals surface area contributed by atoms with Gasteiger partial charge in [0.2, 0.25) is 11.8 Å². The van der Waals surface area contributed by atoms with Crippen molar-refractivity contribution in [2.45, 2.75) is 38.3 Å². The molecule has 3 aromatic rings. The first-order chi connectivity index (χ1) is 20.0. The van der Waals surface area contributed by atoms with Crippen LogP contribution in [-0.2, 0) is 26.2 Å². The normalized spacial score (nSPS) is 13.4. The number of hydrogen-bond acceptors (Lipinski definition) is 6. The van der Waals surface area contributed by atoms with Gasteiger partial charge in [0.25, 0.3) is 10.0 Å². The number of carbonyl (C=O) groups is 2. The number of amides is 2. The molecule has 1 aliphatic rings. The molecule has 4 rings (SSSR count). The molecule has 0 saturated carbocycles. The number of hydrogen-bond donors (Lipinski definition) is 1. The third-order valence-corrected chi connectivity index (χ3v) is 8.91. The summed E-state index contributed by atoms with van der Waals surface area (Å²) in [5, 5.41) is 2.85. The fourth-order valence-electron chi connectivity index (χ4n) is 4.27. The molecule has 1 heterocycles. The average Bonchev–Trinajstić information content (AvgIpc) is 2.98. The van der Waals surface area contributed by atoms with Gasteiger partial charge >= 0.3 is 0 Å². The van der Waals surface area contributed by atoms with Crippen LogP contribution in [0, 0.1) is 11.7 Å². The smallest absolute Gasteiger partial charge is 0.264 e. The highest BCUT2D eigenvalue weighted by atomic mass is 79.9. The molecule has 0 aliphatic carbocycles. The highest BCUT2D eigenvalue weighted by Gasteiger charge is 2.33. The number of ether oxygens (including phenoxy) is 2. The summed E-state index contributed by atoms with van der Waals surface area (Å²) in [4.78, 5) is 28.3. The van der Waals surface area contributed by atoms with Crippen LogP contribution in [0.2, 0.25) is 0 Å². The largest absolute Gasteiger partial charge is 0.486 e. The second kappa shape index (κ2) is 13.6. The number of halogens is 2. The number of anilines is 1. The molecule has 0 fully saturated rings. The maximum absolute atomic E-state index is 14.0. The van der Waals surface area contributed by atoms with Gasteiger partial charge in [-0.1, -0.05) is 41.9 Å². The van der Waals surface area contributed by atoms with Crippen molar-refractivity contribution >= 4 is 43.5 Å². The molecule has 42 heavy (non-hydrogen) atoms. The summed E-state index contributed by atoms with van der Waals surface area (Å²) in [5.41, 5.74) is 0.832. The van der Waals surface area contributed by atoms with E-state index >= 15 is 0 Å². The van der Waals surface area contributed by atoms with E-state index in [0.29, 0.717) is 18.9 Å². The molecule has 1 aliphatic heterocycles. The SMILES string of the molecule is CC(C)CNC(=O)[C@H](C)N(Cc1ccc(Br)cc1)C(=O)CN(c1ccc(F)cc1)S(=O)(=O)c1ccc2c(c1)OCCO2. The fraction of sp³-hybridized carbons (Fsp3) is 0.333. The molecule has 0 bridgehead atoms. The minimum Gasteiger partial charge on any atom is -0.486 e. The second-order valence-electron chi connectivity index (χ2n) is 10.3. The van der Waals surface area contributed by atoms with Crippen molar-refractivity contribution in [3.05, 3.63) is 82.6 Å². The van der Waals surface area contributed by atoms with Gasteiger partial charge in [-0.05, 0) is 66.9 Å². The third-order valence-electron chi connectivity index (χ3n) is 6.61. The van der Waals surface area contributed by atoms with Crippen molar-refractivity contribution in [2.24, 2.45) is 5.92 Å². The minimum absolute atomic E-state index is 0.0592. The van der Waals surface area contributed by atoms with Gasteiger partial charge in [-0.2, -0.15) is 0 Å². The van der Waals surface area contributed by atoms with Gasteiger partial charge < -0.3 is 19.7 Å². The van der Waals surface area contributed by atoms with Crippen LogP contribution in [0.4, 0.5) is 10.1 Å². The lowest BCUT2D eigenvalue weighted by Crippen LogP contribution is -2.51. The average molecular weight is 663 g/mol. The number of nitrogens with zero attached hydrogens (tertiary/aromatic N) is 2. The van der Waals surface area contributed by atoms with Crippen LogP contribution >= 0.6 is 15.9 Å². The minimum atomic E-state index is -4.35. The van der Waals surface area contributed by atoms with Crippen LogP contribution in [0.1, 0.15) is 26.3 Å². The Kier molecular flexibility index (Phi) is 10.1. The van der Waals surface area contributed by atoms with Gasteiger partial charge in [-0.25, -0.2) is 12.8 Å². The van der Waals surface area contributed by atoms with E-state index in [4.69, 9.17) is 9.47 Å². The van der Waals surface area contributed by atoms with Gasteiger partial charge in [0.15, 0.2) is 11.5 Å². The van der Waals surface area contributed by atoms with E-state index in [0.717, 1.165) is 26.5 Å². The second-order valence-corrected chi connectivity index (χ2v) is 13.0. The van der Waals surface area contributed by atoms with Crippen molar-refractivity contribution < 1.29 is 31.9 Å². The zero-order chi connectivity index (χ0) is 30.4. The molecule has 3 aromatic carbocycles. The number of sulfonamides is 1. The number of benzene rings is 3. The maximum Gasteiger partial charge on any atom is 0.264 e. The summed E-state index contributed by atoms with van der Waals surface area (Å²) in [5.74, 6) is -0.671. The molecule has 9 nitrogen and oxygen atoms in total. The van der Waals surface area contributed by atoms with Gasteiger partial charge in [0.05, 0.1) is 10.6 Å². The first-order valence-corrected chi connectivity index (χ1v) is 15.7. The fourth-order valence-corrected chi connectivity index (χ4v) is 5.96. The van der Waals surface area contributed by atoms with Crippen LogP contribution in [0.5, 0.6) is 11.5 Å². The summed E-state index contributed by atoms with van der Waals surface area (Å²) >= 11 is 3.40. The van der Waals surface area contributed by atoms with Crippen molar-refractivity contribution in [2.75, 3.05) is 30.6 Å². The predicted molar refractivity (Wildman–Crippen MR) is 160 cm³/mol. The quantitative estimate of drug-likeness (QED) is 0.318. The van der Waals surface area contributed by atoms with Crippen LogP contribution in [0.15, 0.2) is 76.1 Å². The summed E-state index contributed by atoms with van der Waals surface area (Å²) in [6.07, 6.45) is 0. The number of carbonyl (C=O) groups excluding carboxylic acids is 2. The van der Waals surface area contributed by atoms with Crippen molar-refractivity contribution in [1.29, 1.82) is 0 Å². The van der Waals surface area contributed by atoms with Gasteiger partial charge in [-0.3, -0.25) is 13.9 Å². The topological polar surface area (TPSA) is 105 Å². The zero-order valence-electron chi connectivity index (χ0n) is 23.5. The summed E-state index contributed by atoms with van der Waals surface area (Å²) in [6.45, 7) is 5.96. The van der Waals surface area contributed by atoms with Gasteiger partial charge in [-0.15, -0.1) is 0 Å². The molecule has 1 atom stereocenters. The van der Waals surface area contributed by atoms with Gasteiger partial charge in [0, 0.05) is 23.6 Å².